The molecule has 0 saturated heterocycles. The van der Waals surface area contributed by atoms with Crippen molar-refractivity contribution in [3.63, 3.8) is 0 Å². The highest BCUT2D eigenvalue weighted by atomic mass is 16.5. The van der Waals surface area contributed by atoms with E-state index in [1.165, 1.54) is 5.56 Å². The molecule has 144 valence electrons. The van der Waals surface area contributed by atoms with Crippen molar-refractivity contribution < 1.29 is 14.2 Å². The number of anilines is 1. The van der Waals surface area contributed by atoms with Crippen LogP contribution in [0.5, 0.6) is 0 Å². The Balaban J connectivity index is 1.88. The number of nitrogens with two attached hydrogens (primary N) is 1. The van der Waals surface area contributed by atoms with Crippen molar-refractivity contribution in [2.75, 3.05) is 12.3 Å². The first kappa shape index (κ1) is 19.5. The molecule has 0 radical (unpaired) electrons. The van der Waals surface area contributed by atoms with Gasteiger partial charge in [0.1, 0.15) is 12.2 Å². The van der Waals surface area contributed by atoms with Crippen LogP contribution >= 0.6 is 0 Å². The summed E-state index contributed by atoms with van der Waals surface area (Å²) in [5.41, 5.74) is 10.6. The van der Waals surface area contributed by atoms with E-state index in [4.69, 9.17) is 15.6 Å². The predicted octanol–water partition coefficient (Wildman–Crippen LogP) is 3.55. The maximum atomic E-state index is 11.6. The number of aromatic nitrogens is 2. The molecular formula is C23H26N3O2+. The number of nitrogen functional groups attached to an aromatic ring is 1. The lowest BCUT2D eigenvalue weighted by molar-refractivity contribution is -0.740. The highest BCUT2D eigenvalue weighted by Gasteiger charge is 2.17. The number of rotatable bonds is 8. The highest BCUT2D eigenvalue weighted by molar-refractivity contribution is 5.69. The third-order valence-electron chi connectivity index (χ3n) is 4.51. The fraction of sp³-hybridized carbons (Fsp3) is 0.261. The Morgan fingerprint density at radius 1 is 1.07 bits per heavy atom. The molecule has 28 heavy (non-hydrogen) atoms. The number of benzene rings is 2. The Kier molecular flexibility index (Phi) is 6.73. The van der Waals surface area contributed by atoms with Crippen LogP contribution in [-0.4, -0.2) is 17.7 Å². The van der Waals surface area contributed by atoms with Crippen molar-refractivity contribution in [2.24, 2.45) is 0 Å². The van der Waals surface area contributed by atoms with E-state index in [-0.39, 0.29) is 5.97 Å². The molecule has 3 aromatic rings. The van der Waals surface area contributed by atoms with Gasteiger partial charge in [0, 0.05) is 24.0 Å². The molecule has 5 heteroatoms. The summed E-state index contributed by atoms with van der Waals surface area (Å²) in [6, 6.07) is 22.3. The molecule has 0 spiro atoms. The molecule has 0 bridgehead atoms. The van der Waals surface area contributed by atoms with Gasteiger partial charge in [-0.3, -0.25) is 10.5 Å². The molecule has 1 heterocycles. The lowest BCUT2D eigenvalue weighted by Gasteiger charge is -2.10. The minimum absolute atomic E-state index is 0.189. The quantitative estimate of drug-likeness (QED) is 0.482. The van der Waals surface area contributed by atoms with E-state index in [0.717, 1.165) is 23.2 Å². The zero-order valence-electron chi connectivity index (χ0n) is 16.2. The van der Waals surface area contributed by atoms with Gasteiger partial charge in [0.15, 0.2) is 0 Å². The molecule has 5 nitrogen and oxygen atoms in total. The minimum atomic E-state index is -0.189. The van der Waals surface area contributed by atoms with Gasteiger partial charge in [-0.15, -0.1) is 4.68 Å². The fourth-order valence-electron chi connectivity index (χ4n) is 3.10. The average Bonchev–Trinajstić information content (AvgIpc) is 2.72. The monoisotopic (exact) mass is 376 g/mol. The van der Waals surface area contributed by atoms with Crippen molar-refractivity contribution in [3.8, 4) is 11.3 Å². The molecule has 0 atom stereocenters. The maximum Gasteiger partial charge on any atom is 0.305 e. The smallest absolute Gasteiger partial charge is 0.305 e. The highest BCUT2D eigenvalue weighted by Crippen LogP contribution is 2.21. The van der Waals surface area contributed by atoms with Crippen LogP contribution in [0.4, 0.5) is 5.82 Å². The SMILES string of the molecule is CCOC(=O)CCC[n+]1nc(-c2ccccc2)cc(Cc2ccccc2)c1N. The number of ether oxygens (including phenoxy) is 1. The zero-order chi connectivity index (χ0) is 19.8. The zero-order valence-corrected chi connectivity index (χ0v) is 16.2. The topological polar surface area (TPSA) is 69.1 Å². The second kappa shape index (κ2) is 9.65. The Hall–Kier alpha value is -3.21. The molecule has 0 aliphatic carbocycles. The normalized spacial score (nSPS) is 10.6. The molecule has 0 aliphatic rings. The molecule has 0 saturated carbocycles. The van der Waals surface area contributed by atoms with E-state index in [1.807, 2.05) is 55.5 Å². The van der Waals surface area contributed by atoms with Crippen LogP contribution in [0, 0.1) is 0 Å². The molecule has 0 unspecified atom stereocenters. The summed E-state index contributed by atoms with van der Waals surface area (Å²) in [5, 5.41) is 4.73. The van der Waals surface area contributed by atoms with Crippen LogP contribution in [0.1, 0.15) is 30.9 Å². The van der Waals surface area contributed by atoms with E-state index in [1.54, 1.807) is 4.68 Å². The Bertz CT molecular complexity index is 912. The van der Waals surface area contributed by atoms with Crippen molar-refractivity contribution >= 4 is 11.8 Å². The first-order valence-corrected chi connectivity index (χ1v) is 9.62. The second-order valence-corrected chi connectivity index (χ2v) is 6.60. The van der Waals surface area contributed by atoms with E-state index < -0.39 is 0 Å². The third-order valence-corrected chi connectivity index (χ3v) is 4.51. The van der Waals surface area contributed by atoms with E-state index in [0.29, 0.717) is 31.8 Å². The van der Waals surface area contributed by atoms with Crippen LogP contribution < -0.4 is 10.4 Å². The van der Waals surface area contributed by atoms with Crippen molar-refractivity contribution in [1.29, 1.82) is 0 Å². The van der Waals surface area contributed by atoms with E-state index in [9.17, 15) is 4.79 Å². The van der Waals surface area contributed by atoms with Gasteiger partial charge >= 0.3 is 5.97 Å². The maximum absolute atomic E-state index is 11.6. The number of hydrogen-bond donors (Lipinski definition) is 1. The molecule has 0 aliphatic heterocycles. The van der Waals surface area contributed by atoms with E-state index in [2.05, 4.69) is 18.2 Å². The number of carbonyl (C=O) groups is 1. The largest absolute Gasteiger partial charge is 0.466 e. The van der Waals surface area contributed by atoms with Crippen molar-refractivity contribution in [3.05, 3.63) is 77.9 Å². The standard InChI is InChI=1S/C23H25N3O2/c1-2-28-22(27)14-9-15-26-23(24)20(16-18-10-5-3-6-11-18)17-21(25-26)19-12-7-4-8-13-19/h3-8,10-13,17,24H,2,9,14-16H2,1H3/p+1. The lowest BCUT2D eigenvalue weighted by atomic mass is 10.0. The molecule has 3 rings (SSSR count). The number of nitrogens with zero attached hydrogens (tertiary/aromatic N) is 2. The number of hydrogen-bond acceptors (Lipinski definition) is 4. The summed E-state index contributed by atoms with van der Waals surface area (Å²) in [6.07, 6.45) is 1.71. The van der Waals surface area contributed by atoms with Crippen LogP contribution in [0.15, 0.2) is 66.7 Å². The van der Waals surface area contributed by atoms with E-state index >= 15 is 0 Å². The summed E-state index contributed by atoms with van der Waals surface area (Å²) in [4.78, 5) is 11.6. The summed E-state index contributed by atoms with van der Waals surface area (Å²) in [6.45, 7) is 2.77. The van der Waals surface area contributed by atoms with Gasteiger partial charge in [0.2, 0.25) is 0 Å². The number of aryl methyl sites for hydroxylation is 1. The lowest BCUT2D eigenvalue weighted by Crippen LogP contribution is -2.42. The van der Waals surface area contributed by atoms with Crippen molar-refractivity contribution in [1.82, 2.24) is 5.10 Å². The number of carbonyl (C=O) groups excluding carboxylic acids is 1. The molecule has 2 aromatic carbocycles. The Labute approximate surface area is 165 Å². The summed E-state index contributed by atoms with van der Waals surface area (Å²) in [5.74, 6) is 0.442. The van der Waals surface area contributed by atoms with Crippen LogP contribution in [0.25, 0.3) is 11.3 Å². The molecule has 0 fully saturated rings. The Morgan fingerprint density at radius 3 is 2.43 bits per heavy atom. The van der Waals surface area contributed by atoms with Gasteiger partial charge in [-0.25, -0.2) is 0 Å². The first-order valence-electron chi connectivity index (χ1n) is 9.62. The first-order chi connectivity index (χ1) is 13.7. The molecule has 2 N–H and O–H groups in total. The molecule has 0 amide bonds. The second-order valence-electron chi connectivity index (χ2n) is 6.60. The van der Waals surface area contributed by atoms with Gasteiger partial charge in [0.25, 0.3) is 5.82 Å². The molecular weight excluding hydrogens is 350 g/mol. The molecule has 1 aromatic heterocycles. The fourth-order valence-corrected chi connectivity index (χ4v) is 3.10. The average molecular weight is 376 g/mol. The summed E-state index contributed by atoms with van der Waals surface area (Å²) < 4.78 is 6.81. The number of esters is 1. The van der Waals surface area contributed by atoms with Gasteiger partial charge < -0.3 is 4.74 Å². The summed E-state index contributed by atoms with van der Waals surface area (Å²) >= 11 is 0. The van der Waals surface area contributed by atoms with Crippen LogP contribution in [0.2, 0.25) is 0 Å². The van der Waals surface area contributed by atoms with Gasteiger partial charge in [-0.1, -0.05) is 65.8 Å². The minimum Gasteiger partial charge on any atom is -0.466 e. The third kappa shape index (κ3) is 5.16. The van der Waals surface area contributed by atoms with Gasteiger partial charge in [-0.05, 0) is 25.0 Å². The summed E-state index contributed by atoms with van der Waals surface area (Å²) in [7, 11) is 0. The predicted molar refractivity (Wildman–Crippen MR) is 109 cm³/mol. The van der Waals surface area contributed by atoms with Crippen LogP contribution in [-0.2, 0) is 22.5 Å². The van der Waals surface area contributed by atoms with Gasteiger partial charge in [0.05, 0.1) is 6.61 Å². The van der Waals surface area contributed by atoms with Crippen LogP contribution in [0.3, 0.4) is 0 Å². The van der Waals surface area contributed by atoms with Crippen molar-refractivity contribution in [2.45, 2.75) is 32.7 Å². The Morgan fingerprint density at radius 2 is 1.75 bits per heavy atom. The van der Waals surface area contributed by atoms with Gasteiger partial charge in [-0.2, -0.15) is 0 Å².